The highest BCUT2D eigenvalue weighted by atomic mass is 32.2. The van der Waals surface area contributed by atoms with Gasteiger partial charge in [-0.25, -0.2) is 13.4 Å². The van der Waals surface area contributed by atoms with E-state index in [-0.39, 0.29) is 5.92 Å². The smallest absolute Gasteiger partial charge is 0.150 e. The van der Waals surface area contributed by atoms with Crippen LogP contribution in [0.5, 0.6) is 0 Å². The second kappa shape index (κ2) is 4.37. The van der Waals surface area contributed by atoms with E-state index in [1.165, 1.54) is 0 Å². The van der Waals surface area contributed by atoms with Gasteiger partial charge in [-0.1, -0.05) is 0 Å². The van der Waals surface area contributed by atoms with Crippen LogP contribution in [-0.2, 0) is 9.84 Å². The molecule has 2 rings (SSSR count). The number of nitrogens with one attached hydrogen (secondary N) is 1. The summed E-state index contributed by atoms with van der Waals surface area (Å²) in [4.78, 5) is 8.26. The molecule has 2 heterocycles. The Morgan fingerprint density at radius 3 is 2.81 bits per heavy atom. The minimum absolute atomic E-state index is 0.200. The van der Waals surface area contributed by atoms with Crippen molar-refractivity contribution in [1.29, 1.82) is 0 Å². The molecule has 1 saturated heterocycles. The maximum atomic E-state index is 11.3. The van der Waals surface area contributed by atoms with Gasteiger partial charge in [0.15, 0.2) is 9.84 Å². The van der Waals surface area contributed by atoms with E-state index in [1.807, 2.05) is 6.92 Å². The number of hydrogen-bond donors (Lipinski definition) is 1. The first-order valence-electron chi connectivity index (χ1n) is 5.29. The van der Waals surface area contributed by atoms with E-state index in [1.54, 1.807) is 12.4 Å². The standard InChI is InChI=1S/C10H15N3O2S/c1-8-10(12-4-3-11-8)13-6-9-2-5-16(14,15)7-9/h3-4,9H,2,5-7H2,1H3,(H,12,13). The topological polar surface area (TPSA) is 72.0 Å². The van der Waals surface area contributed by atoms with Crippen LogP contribution in [0.1, 0.15) is 12.1 Å². The second-order valence-electron chi connectivity index (χ2n) is 4.14. The number of hydrogen-bond acceptors (Lipinski definition) is 5. The average molecular weight is 241 g/mol. The normalized spacial score (nSPS) is 23.2. The number of anilines is 1. The molecule has 0 radical (unpaired) electrons. The van der Waals surface area contributed by atoms with Crippen molar-refractivity contribution < 1.29 is 8.42 Å². The number of aryl methyl sites for hydroxylation is 1. The first-order chi connectivity index (χ1) is 7.57. The fourth-order valence-electron chi connectivity index (χ4n) is 1.86. The molecule has 0 bridgehead atoms. The van der Waals surface area contributed by atoms with Crippen molar-refractivity contribution in [2.45, 2.75) is 13.3 Å². The average Bonchev–Trinajstić information content (AvgIpc) is 2.57. The molecule has 1 aliphatic rings. The molecule has 0 spiro atoms. The lowest BCUT2D eigenvalue weighted by molar-refractivity contribution is 0.595. The van der Waals surface area contributed by atoms with Gasteiger partial charge >= 0.3 is 0 Å². The lowest BCUT2D eigenvalue weighted by Crippen LogP contribution is -2.17. The Labute approximate surface area is 95.2 Å². The molecular formula is C10H15N3O2S. The van der Waals surface area contributed by atoms with Crippen molar-refractivity contribution in [2.75, 3.05) is 23.4 Å². The maximum absolute atomic E-state index is 11.3. The molecule has 1 unspecified atom stereocenters. The summed E-state index contributed by atoms with van der Waals surface area (Å²) in [5.41, 5.74) is 0.836. The van der Waals surface area contributed by atoms with Crippen LogP contribution in [-0.4, -0.2) is 36.4 Å². The van der Waals surface area contributed by atoms with E-state index < -0.39 is 9.84 Å². The van der Waals surface area contributed by atoms with Crippen molar-refractivity contribution in [3.63, 3.8) is 0 Å². The highest BCUT2D eigenvalue weighted by Gasteiger charge is 2.27. The Kier molecular flexibility index (Phi) is 3.09. The van der Waals surface area contributed by atoms with Gasteiger partial charge in [-0.05, 0) is 19.3 Å². The number of rotatable bonds is 3. The van der Waals surface area contributed by atoms with E-state index in [2.05, 4.69) is 15.3 Å². The van der Waals surface area contributed by atoms with Crippen molar-refractivity contribution >= 4 is 15.7 Å². The zero-order chi connectivity index (χ0) is 11.6. The monoisotopic (exact) mass is 241 g/mol. The lowest BCUT2D eigenvalue weighted by Gasteiger charge is -2.10. The molecule has 16 heavy (non-hydrogen) atoms. The van der Waals surface area contributed by atoms with Crippen molar-refractivity contribution in [2.24, 2.45) is 5.92 Å². The van der Waals surface area contributed by atoms with E-state index in [9.17, 15) is 8.42 Å². The molecule has 0 aromatic carbocycles. The Morgan fingerprint density at radius 1 is 1.44 bits per heavy atom. The zero-order valence-electron chi connectivity index (χ0n) is 9.18. The van der Waals surface area contributed by atoms with E-state index >= 15 is 0 Å². The Bertz CT molecular complexity index is 473. The van der Waals surface area contributed by atoms with Gasteiger partial charge in [0, 0.05) is 18.9 Å². The molecule has 0 amide bonds. The third-order valence-electron chi connectivity index (χ3n) is 2.77. The van der Waals surface area contributed by atoms with Crippen LogP contribution in [0.3, 0.4) is 0 Å². The summed E-state index contributed by atoms with van der Waals surface area (Å²) >= 11 is 0. The molecule has 1 aliphatic heterocycles. The summed E-state index contributed by atoms with van der Waals surface area (Å²) in [6, 6.07) is 0. The van der Waals surface area contributed by atoms with Gasteiger partial charge in [-0.2, -0.15) is 0 Å². The Balaban J connectivity index is 1.92. The van der Waals surface area contributed by atoms with Gasteiger partial charge in [-0.3, -0.25) is 4.98 Å². The highest BCUT2D eigenvalue weighted by molar-refractivity contribution is 7.91. The maximum Gasteiger partial charge on any atom is 0.150 e. The number of sulfone groups is 1. The molecule has 5 nitrogen and oxygen atoms in total. The van der Waals surface area contributed by atoms with Crippen LogP contribution in [0, 0.1) is 12.8 Å². The quantitative estimate of drug-likeness (QED) is 0.840. The molecule has 88 valence electrons. The lowest BCUT2D eigenvalue weighted by atomic mass is 10.1. The van der Waals surface area contributed by atoms with Crippen LogP contribution in [0.4, 0.5) is 5.82 Å². The molecule has 0 saturated carbocycles. The van der Waals surface area contributed by atoms with Gasteiger partial charge in [0.25, 0.3) is 0 Å². The summed E-state index contributed by atoms with van der Waals surface area (Å²) in [6.07, 6.45) is 4.01. The van der Waals surface area contributed by atoms with Crippen LogP contribution in [0.15, 0.2) is 12.4 Å². The summed E-state index contributed by atoms with van der Waals surface area (Å²) in [5, 5.41) is 3.15. The zero-order valence-corrected chi connectivity index (χ0v) is 10.00. The fourth-order valence-corrected chi connectivity index (χ4v) is 3.72. The first-order valence-corrected chi connectivity index (χ1v) is 7.11. The molecule has 1 fully saturated rings. The molecule has 1 N–H and O–H groups in total. The van der Waals surface area contributed by atoms with Crippen molar-refractivity contribution in [1.82, 2.24) is 9.97 Å². The SMILES string of the molecule is Cc1nccnc1NCC1CCS(=O)(=O)C1. The van der Waals surface area contributed by atoms with E-state index in [0.29, 0.717) is 18.1 Å². The van der Waals surface area contributed by atoms with Crippen molar-refractivity contribution in [3.8, 4) is 0 Å². The molecule has 1 aromatic heterocycles. The molecule has 0 aliphatic carbocycles. The highest BCUT2D eigenvalue weighted by Crippen LogP contribution is 2.19. The predicted molar refractivity (Wildman–Crippen MR) is 62.0 cm³/mol. The summed E-state index contributed by atoms with van der Waals surface area (Å²) in [6.45, 7) is 2.53. The van der Waals surface area contributed by atoms with Crippen LogP contribution < -0.4 is 5.32 Å². The number of nitrogens with zero attached hydrogens (tertiary/aromatic N) is 2. The second-order valence-corrected chi connectivity index (χ2v) is 6.37. The van der Waals surface area contributed by atoms with Crippen LogP contribution >= 0.6 is 0 Å². The minimum Gasteiger partial charge on any atom is -0.368 e. The third kappa shape index (κ3) is 2.69. The third-order valence-corrected chi connectivity index (χ3v) is 4.60. The van der Waals surface area contributed by atoms with Gasteiger partial charge in [0.1, 0.15) is 5.82 Å². The Hall–Kier alpha value is -1.17. The summed E-state index contributed by atoms with van der Waals surface area (Å²) in [5.74, 6) is 1.55. The molecular weight excluding hydrogens is 226 g/mol. The Morgan fingerprint density at radius 2 is 2.19 bits per heavy atom. The van der Waals surface area contributed by atoms with Crippen molar-refractivity contribution in [3.05, 3.63) is 18.1 Å². The summed E-state index contributed by atoms with van der Waals surface area (Å²) < 4.78 is 22.5. The predicted octanol–water partition coefficient (Wildman–Crippen LogP) is 0.632. The molecule has 1 aromatic rings. The largest absolute Gasteiger partial charge is 0.368 e. The minimum atomic E-state index is -2.79. The number of aromatic nitrogens is 2. The van der Waals surface area contributed by atoms with E-state index in [0.717, 1.165) is 17.9 Å². The van der Waals surface area contributed by atoms with Gasteiger partial charge in [0.2, 0.25) is 0 Å². The van der Waals surface area contributed by atoms with Gasteiger partial charge in [-0.15, -0.1) is 0 Å². The van der Waals surface area contributed by atoms with E-state index in [4.69, 9.17) is 0 Å². The van der Waals surface area contributed by atoms with Gasteiger partial charge < -0.3 is 5.32 Å². The van der Waals surface area contributed by atoms with Crippen LogP contribution in [0.2, 0.25) is 0 Å². The molecule has 1 atom stereocenters. The van der Waals surface area contributed by atoms with Gasteiger partial charge in [0.05, 0.1) is 17.2 Å². The van der Waals surface area contributed by atoms with Crippen LogP contribution in [0.25, 0.3) is 0 Å². The molecule has 6 heteroatoms. The fraction of sp³-hybridized carbons (Fsp3) is 0.600. The first kappa shape index (κ1) is 11.3. The summed E-state index contributed by atoms with van der Waals surface area (Å²) in [7, 11) is -2.79.